The molecule has 1 fully saturated rings. The van der Waals surface area contributed by atoms with Gasteiger partial charge in [-0.15, -0.1) is 0 Å². The molecule has 1 aliphatic heterocycles. The lowest BCUT2D eigenvalue weighted by Gasteiger charge is -2.38. The first-order valence-electron chi connectivity index (χ1n) is 9.30. The number of hydrogen-bond donors (Lipinski definition) is 1. The molecule has 0 bridgehead atoms. The van der Waals surface area contributed by atoms with Crippen molar-refractivity contribution in [2.45, 2.75) is 13.8 Å². The van der Waals surface area contributed by atoms with E-state index in [4.69, 9.17) is 16.0 Å². The Morgan fingerprint density at radius 3 is 2.54 bits per heavy atom. The lowest BCUT2D eigenvalue weighted by atomic mass is 10.1. The molecule has 0 atom stereocenters. The molecule has 6 nitrogen and oxygen atoms in total. The highest BCUT2D eigenvalue weighted by Gasteiger charge is 2.25. The Morgan fingerprint density at radius 2 is 1.89 bits per heavy atom. The van der Waals surface area contributed by atoms with Gasteiger partial charge in [0, 0.05) is 38.2 Å². The first-order valence-corrected chi connectivity index (χ1v) is 9.68. The molecule has 0 spiro atoms. The average Bonchev–Trinajstić information content (AvgIpc) is 3.20. The Kier molecular flexibility index (Phi) is 6.41. The summed E-state index contributed by atoms with van der Waals surface area (Å²) in [6, 6.07) is 8.96. The van der Waals surface area contributed by atoms with Gasteiger partial charge in [0.2, 0.25) is 11.8 Å². The fraction of sp³-hybridized carbons (Fsp3) is 0.333. The van der Waals surface area contributed by atoms with E-state index in [9.17, 15) is 9.59 Å². The van der Waals surface area contributed by atoms with Crippen molar-refractivity contribution >= 4 is 40.9 Å². The molecule has 0 aliphatic carbocycles. The highest BCUT2D eigenvalue weighted by molar-refractivity contribution is 6.34. The molecule has 1 aromatic heterocycles. The van der Waals surface area contributed by atoms with E-state index >= 15 is 0 Å². The van der Waals surface area contributed by atoms with Crippen LogP contribution in [0.15, 0.2) is 47.1 Å². The second-order valence-corrected chi connectivity index (χ2v) is 7.35. The second kappa shape index (κ2) is 8.97. The number of para-hydroxylation sites is 1. The van der Waals surface area contributed by atoms with Gasteiger partial charge < -0.3 is 19.5 Å². The van der Waals surface area contributed by atoms with Crippen LogP contribution in [0.1, 0.15) is 19.6 Å². The zero-order valence-corrected chi connectivity index (χ0v) is 16.8. The molecule has 1 saturated heterocycles. The Bertz CT molecular complexity index is 854. The van der Waals surface area contributed by atoms with Gasteiger partial charge in [-0.1, -0.05) is 31.5 Å². The van der Waals surface area contributed by atoms with Crippen LogP contribution in [0, 0.1) is 5.92 Å². The molecule has 1 N–H and O–H groups in total. The summed E-state index contributed by atoms with van der Waals surface area (Å²) in [5.74, 6) is 0.485. The van der Waals surface area contributed by atoms with Crippen molar-refractivity contribution in [3.8, 4) is 0 Å². The molecule has 1 aliphatic rings. The largest absolute Gasteiger partial charge is 0.465 e. The van der Waals surface area contributed by atoms with Crippen LogP contribution >= 0.6 is 11.6 Å². The Morgan fingerprint density at radius 1 is 1.14 bits per heavy atom. The van der Waals surface area contributed by atoms with E-state index in [2.05, 4.69) is 10.2 Å². The lowest BCUT2D eigenvalue weighted by molar-refractivity contribution is -0.134. The summed E-state index contributed by atoms with van der Waals surface area (Å²) in [7, 11) is 0. The van der Waals surface area contributed by atoms with E-state index < -0.39 is 0 Å². The topological polar surface area (TPSA) is 65.8 Å². The average molecular weight is 402 g/mol. The fourth-order valence-corrected chi connectivity index (χ4v) is 3.47. The molecule has 2 aromatic rings. The van der Waals surface area contributed by atoms with Gasteiger partial charge in [-0.3, -0.25) is 9.59 Å². The van der Waals surface area contributed by atoms with Crippen LogP contribution in [-0.2, 0) is 9.59 Å². The van der Waals surface area contributed by atoms with E-state index in [1.54, 1.807) is 36.6 Å². The van der Waals surface area contributed by atoms with E-state index in [0.29, 0.717) is 42.6 Å². The van der Waals surface area contributed by atoms with Crippen LogP contribution in [0.5, 0.6) is 0 Å². The molecule has 148 valence electrons. The minimum Gasteiger partial charge on any atom is -0.465 e. The molecule has 28 heavy (non-hydrogen) atoms. The van der Waals surface area contributed by atoms with Crippen LogP contribution in [0.2, 0.25) is 5.02 Å². The van der Waals surface area contributed by atoms with Crippen LogP contribution in [0.3, 0.4) is 0 Å². The molecular weight excluding hydrogens is 378 g/mol. The third kappa shape index (κ3) is 4.75. The summed E-state index contributed by atoms with van der Waals surface area (Å²) in [5, 5.41) is 3.46. The van der Waals surface area contributed by atoms with Crippen molar-refractivity contribution in [1.29, 1.82) is 0 Å². The standard InChI is InChI=1S/C21H24ClN3O3/c1-15(2)21(27)25-12-10-24(11-13-25)20-17(22)6-3-7-18(20)23-19(26)9-8-16-5-4-14-28-16/h3-9,14-15H,10-13H2,1-2H3,(H,23,26)/b9-8+. The van der Waals surface area contributed by atoms with Gasteiger partial charge in [0.15, 0.2) is 0 Å². The monoisotopic (exact) mass is 401 g/mol. The molecule has 2 amide bonds. The zero-order valence-electron chi connectivity index (χ0n) is 16.0. The van der Waals surface area contributed by atoms with Crippen LogP contribution in [0.25, 0.3) is 6.08 Å². The number of furan rings is 1. The number of anilines is 2. The molecule has 2 heterocycles. The molecule has 7 heteroatoms. The smallest absolute Gasteiger partial charge is 0.248 e. The number of amides is 2. The fourth-order valence-electron chi connectivity index (χ4n) is 3.17. The number of carbonyl (C=O) groups is 2. The maximum Gasteiger partial charge on any atom is 0.248 e. The van der Waals surface area contributed by atoms with Gasteiger partial charge >= 0.3 is 0 Å². The minimum absolute atomic E-state index is 0.0114. The number of rotatable bonds is 5. The molecule has 0 unspecified atom stereocenters. The van der Waals surface area contributed by atoms with Crippen LogP contribution in [-0.4, -0.2) is 42.9 Å². The van der Waals surface area contributed by atoms with E-state index in [-0.39, 0.29) is 17.7 Å². The van der Waals surface area contributed by atoms with Gasteiger partial charge in [-0.25, -0.2) is 0 Å². The summed E-state index contributed by atoms with van der Waals surface area (Å²) < 4.78 is 5.19. The molecule has 0 radical (unpaired) electrons. The predicted molar refractivity (Wildman–Crippen MR) is 111 cm³/mol. The predicted octanol–water partition coefficient (Wildman–Crippen LogP) is 3.89. The van der Waals surface area contributed by atoms with Crippen molar-refractivity contribution in [1.82, 2.24) is 4.90 Å². The first kappa shape index (κ1) is 20.0. The van der Waals surface area contributed by atoms with Crippen molar-refractivity contribution in [3.63, 3.8) is 0 Å². The number of nitrogens with one attached hydrogen (secondary N) is 1. The number of carbonyl (C=O) groups excluding carboxylic acids is 2. The lowest BCUT2D eigenvalue weighted by Crippen LogP contribution is -2.50. The van der Waals surface area contributed by atoms with Crippen LogP contribution < -0.4 is 10.2 Å². The van der Waals surface area contributed by atoms with E-state index in [0.717, 1.165) is 5.69 Å². The maximum absolute atomic E-state index is 12.3. The summed E-state index contributed by atoms with van der Waals surface area (Å²) in [4.78, 5) is 28.5. The van der Waals surface area contributed by atoms with Crippen molar-refractivity contribution in [3.05, 3.63) is 53.5 Å². The quantitative estimate of drug-likeness (QED) is 0.772. The van der Waals surface area contributed by atoms with E-state index in [1.165, 1.54) is 6.08 Å². The van der Waals surface area contributed by atoms with Crippen molar-refractivity contribution in [2.24, 2.45) is 5.92 Å². The molecular formula is C21H24ClN3O3. The maximum atomic E-state index is 12.3. The van der Waals surface area contributed by atoms with Crippen LogP contribution in [0.4, 0.5) is 11.4 Å². The van der Waals surface area contributed by atoms with Gasteiger partial charge in [0.05, 0.1) is 22.7 Å². The molecule has 0 saturated carbocycles. The number of nitrogens with zero attached hydrogens (tertiary/aromatic N) is 2. The summed E-state index contributed by atoms with van der Waals surface area (Å²) in [5.41, 5.74) is 1.42. The Hall–Kier alpha value is -2.73. The molecule has 3 rings (SSSR count). The Balaban J connectivity index is 1.70. The van der Waals surface area contributed by atoms with Gasteiger partial charge in [-0.05, 0) is 30.3 Å². The van der Waals surface area contributed by atoms with Gasteiger partial charge in [0.1, 0.15) is 5.76 Å². The normalized spacial score (nSPS) is 14.7. The minimum atomic E-state index is -0.270. The zero-order chi connectivity index (χ0) is 20.1. The highest BCUT2D eigenvalue weighted by Crippen LogP contribution is 2.34. The highest BCUT2D eigenvalue weighted by atomic mass is 35.5. The number of halogens is 1. The second-order valence-electron chi connectivity index (χ2n) is 6.94. The summed E-state index contributed by atoms with van der Waals surface area (Å²) >= 11 is 6.45. The van der Waals surface area contributed by atoms with Crippen molar-refractivity contribution in [2.75, 3.05) is 36.4 Å². The number of benzene rings is 1. The SMILES string of the molecule is CC(C)C(=O)N1CCN(c2c(Cl)cccc2NC(=O)/C=C/c2ccco2)CC1. The van der Waals surface area contributed by atoms with Gasteiger partial charge in [-0.2, -0.15) is 0 Å². The number of hydrogen-bond acceptors (Lipinski definition) is 4. The third-order valence-corrected chi connectivity index (χ3v) is 4.89. The molecule has 1 aromatic carbocycles. The van der Waals surface area contributed by atoms with Crippen molar-refractivity contribution < 1.29 is 14.0 Å². The third-order valence-electron chi connectivity index (χ3n) is 4.59. The number of piperazine rings is 1. The van der Waals surface area contributed by atoms with Gasteiger partial charge in [0.25, 0.3) is 0 Å². The first-order chi connectivity index (χ1) is 13.5. The van der Waals surface area contributed by atoms with E-state index in [1.807, 2.05) is 24.8 Å². The summed E-state index contributed by atoms with van der Waals surface area (Å²) in [6.45, 7) is 6.40. The Labute approximate surface area is 169 Å². The summed E-state index contributed by atoms with van der Waals surface area (Å²) in [6.07, 6.45) is 4.58.